The second-order valence-corrected chi connectivity index (χ2v) is 4.49. The second kappa shape index (κ2) is 5.27. The normalized spacial score (nSPS) is 19.8. The molecule has 1 aliphatic heterocycles. The molecule has 1 fully saturated rings. The van der Waals surface area contributed by atoms with Crippen LogP contribution < -0.4 is 10.6 Å². The predicted molar refractivity (Wildman–Crippen MR) is 69.2 cm³/mol. The van der Waals surface area contributed by atoms with Crippen LogP contribution in [0.15, 0.2) is 0 Å². The van der Waals surface area contributed by atoms with E-state index in [9.17, 15) is 0 Å². The third-order valence-corrected chi connectivity index (χ3v) is 3.13. The molecule has 0 amide bonds. The van der Waals surface area contributed by atoms with Crippen molar-refractivity contribution in [3.63, 3.8) is 0 Å². The lowest BCUT2D eigenvalue weighted by Crippen LogP contribution is -2.43. The monoisotopic (exact) mass is 249 g/mol. The zero-order valence-corrected chi connectivity index (χ0v) is 10.9. The summed E-state index contributed by atoms with van der Waals surface area (Å²) in [6, 6.07) is 2.14. The van der Waals surface area contributed by atoms with Crippen LogP contribution in [0.3, 0.4) is 0 Å². The van der Waals surface area contributed by atoms with Crippen LogP contribution in [0, 0.1) is 11.3 Å². The molecule has 1 atom stereocenters. The smallest absolute Gasteiger partial charge is 0.161 e. The van der Waals surface area contributed by atoms with E-state index in [1.807, 2.05) is 7.05 Å². The molecule has 6 nitrogen and oxygen atoms in total. The zero-order chi connectivity index (χ0) is 13.1. The van der Waals surface area contributed by atoms with Crippen molar-refractivity contribution in [2.24, 2.45) is 7.05 Å². The molecule has 2 N–H and O–H groups in total. The Morgan fingerprint density at radius 3 is 3.06 bits per heavy atom. The standard InChI is InChI=1S/C12H19N5O/c1-3-4-10-11(14)12(16(2)15-10)17-5-6-18-9(7-13)8-17/h9H,3-6,8,14H2,1-2H3. The Kier molecular flexibility index (Phi) is 3.72. The number of aryl methyl sites for hydroxylation is 2. The first kappa shape index (κ1) is 12.7. The van der Waals surface area contributed by atoms with Gasteiger partial charge in [-0.1, -0.05) is 13.3 Å². The van der Waals surface area contributed by atoms with Gasteiger partial charge < -0.3 is 15.4 Å². The Labute approximate surface area is 107 Å². The summed E-state index contributed by atoms with van der Waals surface area (Å²) in [5, 5.41) is 13.4. The van der Waals surface area contributed by atoms with Gasteiger partial charge in [0, 0.05) is 13.6 Å². The molecule has 1 saturated heterocycles. The van der Waals surface area contributed by atoms with Crippen LogP contribution in [0.4, 0.5) is 11.5 Å². The second-order valence-electron chi connectivity index (χ2n) is 4.49. The van der Waals surface area contributed by atoms with Gasteiger partial charge >= 0.3 is 0 Å². The number of nitrogen functional groups attached to an aromatic ring is 1. The molecule has 0 bridgehead atoms. The Morgan fingerprint density at radius 2 is 2.39 bits per heavy atom. The van der Waals surface area contributed by atoms with Crippen molar-refractivity contribution in [2.75, 3.05) is 30.3 Å². The molecule has 1 unspecified atom stereocenters. The number of nitrogens with zero attached hydrogens (tertiary/aromatic N) is 4. The van der Waals surface area contributed by atoms with Crippen LogP contribution in [-0.2, 0) is 18.2 Å². The van der Waals surface area contributed by atoms with Crippen molar-refractivity contribution in [3.05, 3.63) is 5.69 Å². The first-order chi connectivity index (χ1) is 8.67. The molecular weight excluding hydrogens is 230 g/mol. The topological polar surface area (TPSA) is 80.1 Å². The van der Waals surface area contributed by atoms with Crippen molar-refractivity contribution in [1.29, 1.82) is 5.26 Å². The van der Waals surface area contributed by atoms with Gasteiger partial charge in [0.05, 0.1) is 30.6 Å². The number of anilines is 2. The minimum absolute atomic E-state index is 0.386. The van der Waals surface area contributed by atoms with Gasteiger partial charge in [0.1, 0.15) is 0 Å². The Morgan fingerprint density at radius 1 is 1.61 bits per heavy atom. The molecule has 0 spiro atoms. The molecule has 2 rings (SSSR count). The number of hydrogen-bond acceptors (Lipinski definition) is 5. The number of aromatic nitrogens is 2. The molecule has 1 aromatic rings. The van der Waals surface area contributed by atoms with Gasteiger partial charge in [-0.15, -0.1) is 0 Å². The van der Waals surface area contributed by atoms with E-state index in [1.54, 1.807) is 4.68 Å². The van der Waals surface area contributed by atoms with E-state index in [1.165, 1.54) is 0 Å². The highest BCUT2D eigenvalue weighted by molar-refractivity contribution is 5.66. The maximum atomic E-state index is 8.93. The van der Waals surface area contributed by atoms with E-state index >= 15 is 0 Å². The minimum atomic E-state index is -0.386. The molecule has 98 valence electrons. The highest BCUT2D eigenvalue weighted by Crippen LogP contribution is 2.28. The quantitative estimate of drug-likeness (QED) is 0.852. The molecule has 0 saturated carbocycles. The van der Waals surface area contributed by atoms with Gasteiger partial charge in [0.2, 0.25) is 0 Å². The van der Waals surface area contributed by atoms with E-state index < -0.39 is 0 Å². The average molecular weight is 249 g/mol. The van der Waals surface area contributed by atoms with Crippen molar-refractivity contribution >= 4 is 11.5 Å². The fourth-order valence-corrected chi connectivity index (χ4v) is 2.30. The van der Waals surface area contributed by atoms with Crippen LogP contribution in [0.25, 0.3) is 0 Å². The summed E-state index contributed by atoms with van der Waals surface area (Å²) in [6.45, 7) is 3.94. The average Bonchev–Trinajstić information content (AvgIpc) is 2.65. The number of hydrogen-bond donors (Lipinski definition) is 1. The minimum Gasteiger partial charge on any atom is -0.394 e. The van der Waals surface area contributed by atoms with Gasteiger partial charge in [-0.05, 0) is 6.42 Å². The number of morpholine rings is 1. The third kappa shape index (κ3) is 2.27. The molecule has 6 heteroatoms. The van der Waals surface area contributed by atoms with Gasteiger partial charge in [0.15, 0.2) is 11.9 Å². The number of rotatable bonds is 3. The summed E-state index contributed by atoms with van der Waals surface area (Å²) >= 11 is 0. The fraction of sp³-hybridized carbons (Fsp3) is 0.667. The first-order valence-corrected chi connectivity index (χ1v) is 6.24. The van der Waals surface area contributed by atoms with Gasteiger partial charge in [-0.3, -0.25) is 4.68 Å². The molecule has 0 radical (unpaired) electrons. The molecule has 2 heterocycles. The number of nitrogens with two attached hydrogens (primary N) is 1. The lowest BCUT2D eigenvalue weighted by Gasteiger charge is -2.31. The zero-order valence-electron chi connectivity index (χ0n) is 10.9. The van der Waals surface area contributed by atoms with E-state index in [4.69, 9.17) is 15.7 Å². The van der Waals surface area contributed by atoms with Crippen LogP contribution in [0.2, 0.25) is 0 Å². The third-order valence-electron chi connectivity index (χ3n) is 3.13. The lowest BCUT2D eigenvalue weighted by atomic mass is 10.2. The molecule has 1 aromatic heterocycles. The lowest BCUT2D eigenvalue weighted by molar-refractivity contribution is 0.0759. The van der Waals surface area contributed by atoms with E-state index in [2.05, 4.69) is 23.0 Å². The summed E-state index contributed by atoms with van der Waals surface area (Å²) in [6.07, 6.45) is 1.51. The van der Waals surface area contributed by atoms with Crippen molar-refractivity contribution < 1.29 is 4.74 Å². The highest BCUT2D eigenvalue weighted by atomic mass is 16.5. The highest BCUT2D eigenvalue weighted by Gasteiger charge is 2.25. The SMILES string of the molecule is CCCc1nn(C)c(N2CCOC(C#N)C2)c1N. The van der Waals surface area contributed by atoms with E-state index in [0.29, 0.717) is 13.2 Å². The largest absolute Gasteiger partial charge is 0.394 e. The summed E-state index contributed by atoms with van der Waals surface area (Å²) in [5.41, 5.74) is 7.83. The molecule has 0 aliphatic carbocycles. The molecule has 0 aromatic carbocycles. The van der Waals surface area contributed by atoms with Crippen LogP contribution in [0.5, 0.6) is 0 Å². The number of nitriles is 1. The summed E-state index contributed by atoms with van der Waals surface area (Å²) in [7, 11) is 1.89. The van der Waals surface area contributed by atoms with E-state index in [0.717, 1.165) is 36.6 Å². The molecule has 18 heavy (non-hydrogen) atoms. The van der Waals surface area contributed by atoms with Crippen LogP contribution in [-0.4, -0.2) is 35.6 Å². The maximum Gasteiger partial charge on any atom is 0.161 e. The fourth-order valence-electron chi connectivity index (χ4n) is 2.30. The van der Waals surface area contributed by atoms with Crippen LogP contribution >= 0.6 is 0 Å². The predicted octanol–water partition coefficient (Wildman–Crippen LogP) is 0.684. The summed E-state index contributed by atoms with van der Waals surface area (Å²) < 4.78 is 7.15. The summed E-state index contributed by atoms with van der Waals surface area (Å²) in [4.78, 5) is 2.08. The van der Waals surface area contributed by atoms with Gasteiger partial charge in [0.25, 0.3) is 0 Å². The Balaban J connectivity index is 2.25. The first-order valence-electron chi connectivity index (χ1n) is 6.24. The van der Waals surface area contributed by atoms with Crippen molar-refractivity contribution in [2.45, 2.75) is 25.9 Å². The Bertz CT molecular complexity index is 462. The van der Waals surface area contributed by atoms with Crippen LogP contribution in [0.1, 0.15) is 19.0 Å². The van der Waals surface area contributed by atoms with E-state index in [-0.39, 0.29) is 6.10 Å². The number of ether oxygens (including phenoxy) is 1. The molecular formula is C12H19N5O. The van der Waals surface area contributed by atoms with Crippen molar-refractivity contribution in [3.8, 4) is 6.07 Å². The van der Waals surface area contributed by atoms with Gasteiger partial charge in [-0.25, -0.2) is 0 Å². The maximum absolute atomic E-state index is 8.93. The molecule has 1 aliphatic rings. The Hall–Kier alpha value is -1.74. The summed E-state index contributed by atoms with van der Waals surface area (Å²) in [5.74, 6) is 0.905. The van der Waals surface area contributed by atoms with Gasteiger partial charge in [-0.2, -0.15) is 10.4 Å². The van der Waals surface area contributed by atoms with Crippen molar-refractivity contribution in [1.82, 2.24) is 9.78 Å².